The largest absolute Gasteiger partial charge is 0.355 e. The van der Waals surface area contributed by atoms with E-state index >= 15 is 0 Å². The Morgan fingerprint density at radius 3 is 2.79 bits per heavy atom. The molecule has 0 saturated carbocycles. The minimum atomic E-state index is -0.210. The van der Waals surface area contributed by atoms with Gasteiger partial charge in [-0.25, -0.2) is 0 Å². The zero-order chi connectivity index (χ0) is 13.8. The van der Waals surface area contributed by atoms with Crippen LogP contribution < -0.4 is 10.6 Å². The molecule has 1 atom stereocenters. The molecular formula is C14H16N2O3. The second-order valence-corrected chi connectivity index (χ2v) is 4.67. The summed E-state index contributed by atoms with van der Waals surface area (Å²) in [6.45, 7) is 1.86. The van der Waals surface area contributed by atoms with E-state index in [1.54, 1.807) is 24.3 Å². The Morgan fingerprint density at radius 1 is 1.37 bits per heavy atom. The highest BCUT2D eigenvalue weighted by Gasteiger charge is 2.24. The van der Waals surface area contributed by atoms with Crippen LogP contribution in [0.4, 0.5) is 5.69 Å². The number of rotatable bonds is 3. The van der Waals surface area contributed by atoms with Crippen molar-refractivity contribution < 1.29 is 14.4 Å². The molecule has 0 aromatic heterocycles. The van der Waals surface area contributed by atoms with Crippen molar-refractivity contribution in [2.75, 3.05) is 11.9 Å². The number of amides is 2. The van der Waals surface area contributed by atoms with Gasteiger partial charge in [0.15, 0.2) is 5.78 Å². The minimum absolute atomic E-state index is 0.0115. The first-order valence-corrected chi connectivity index (χ1v) is 6.25. The fraction of sp³-hybridized carbons (Fsp3) is 0.357. The van der Waals surface area contributed by atoms with Gasteiger partial charge in [0.2, 0.25) is 11.8 Å². The molecule has 0 radical (unpaired) electrons. The van der Waals surface area contributed by atoms with Crippen LogP contribution in [-0.4, -0.2) is 24.1 Å². The van der Waals surface area contributed by atoms with Crippen LogP contribution in [0.3, 0.4) is 0 Å². The van der Waals surface area contributed by atoms with E-state index in [1.165, 1.54) is 6.92 Å². The number of carbonyl (C=O) groups excluding carboxylic acids is 3. The Hall–Kier alpha value is -2.17. The maximum atomic E-state index is 12.0. The third-order valence-corrected chi connectivity index (χ3v) is 3.17. The second-order valence-electron chi connectivity index (χ2n) is 4.67. The molecule has 0 spiro atoms. The molecule has 1 saturated heterocycles. The fourth-order valence-corrected chi connectivity index (χ4v) is 2.02. The number of anilines is 1. The summed E-state index contributed by atoms with van der Waals surface area (Å²) in [5, 5.41) is 5.45. The van der Waals surface area contributed by atoms with Gasteiger partial charge in [0, 0.05) is 24.2 Å². The molecule has 2 N–H and O–H groups in total. The lowest BCUT2D eigenvalue weighted by Crippen LogP contribution is -2.40. The smallest absolute Gasteiger partial charge is 0.229 e. The summed E-state index contributed by atoms with van der Waals surface area (Å²) in [6, 6.07) is 6.83. The molecule has 5 nitrogen and oxygen atoms in total. The monoisotopic (exact) mass is 260 g/mol. The predicted molar refractivity (Wildman–Crippen MR) is 70.8 cm³/mol. The van der Waals surface area contributed by atoms with Crippen molar-refractivity contribution >= 4 is 23.3 Å². The zero-order valence-electron chi connectivity index (χ0n) is 10.7. The van der Waals surface area contributed by atoms with Crippen molar-refractivity contribution in [1.82, 2.24) is 5.32 Å². The van der Waals surface area contributed by atoms with Crippen LogP contribution in [-0.2, 0) is 9.59 Å². The lowest BCUT2D eigenvalue weighted by molar-refractivity contribution is -0.126. The van der Waals surface area contributed by atoms with E-state index in [2.05, 4.69) is 10.6 Å². The van der Waals surface area contributed by atoms with Crippen LogP contribution >= 0.6 is 0 Å². The molecule has 1 aromatic rings. The average molecular weight is 260 g/mol. The third-order valence-electron chi connectivity index (χ3n) is 3.17. The maximum Gasteiger partial charge on any atom is 0.229 e. The van der Waals surface area contributed by atoms with Crippen LogP contribution in [0.15, 0.2) is 24.3 Å². The van der Waals surface area contributed by atoms with Gasteiger partial charge in [0.25, 0.3) is 0 Å². The number of nitrogens with one attached hydrogen (secondary N) is 2. The van der Waals surface area contributed by atoms with Gasteiger partial charge in [-0.1, -0.05) is 12.1 Å². The highest BCUT2D eigenvalue weighted by atomic mass is 16.2. The molecule has 1 unspecified atom stereocenters. The van der Waals surface area contributed by atoms with E-state index in [0.717, 1.165) is 0 Å². The van der Waals surface area contributed by atoms with Crippen molar-refractivity contribution in [3.05, 3.63) is 29.8 Å². The first-order valence-electron chi connectivity index (χ1n) is 6.25. The molecule has 1 aromatic carbocycles. The maximum absolute atomic E-state index is 12.0. The normalized spacial score (nSPS) is 18.6. The summed E-state index contributed by atoms with van der Waals surface area (Å²) >= 11 is 0. The van der Waals surface area contributed by atoms with Crippen LogP contribution in [0.5, 0.6) is 0 Å². The Kier molecular flexibility index (Phi) is 3.94. The molecule has 2 rings (SSSR count). The number of benzene rings is 1. The molecule has 100 valence electrons. The van der Waals surface area contributed by atoms with Gasteiger partial charge < -0.3 is 10.6 Å². The third kappa shape index (κ3) is 3.40. The van der Waals surface area contributed by atoms with Gasteiger partial charge in [-0.05, 0) is 25.5 Å². The van der Waals surface area contributed by atoms with Crippen molar-refractivity contribution in [2.24, 2.45) is 5.92 Å². The molecule has 1 heterocycles. The van der Waals surface area contributed by atoms with Gasteiger partial charge in [-0.15, -0.1) is 0 Å². The topological polar surface area (TPSA) is 75.3 Å². The first kappa shape index (κ1) is 13.3. The minimum Gasteiger partial charge on any atom is -0.355 e. The summed E-state index contributed by atoms with van der Waals surface area (Å²) in [4.78, 5) is 34.3. The van der Waals surface area contributed by atoms with Crippen LogP contribution in [0, 0.1) is 5.92 Å². The predicted octanol–water partition coefficient (Wildman–Crippen LogP) is 1.35. The lowest BCUT2D eigenvalue weighted by atomic mass is 9.98. The number of ketones is 1. The van der Waals surface area contributed by atoms with Crippen molar-refractivity contribution in [2.45, 2.75) is 19.8 Å². The van der Waals surface area contributed by atoms with Gasteiger partial charge in [-0.3, -0.25) is 14.4 Å². The quantitative estimate of drug-likeness (QED) is 0.806. The molecule has 19 heavy (non-hydrogen) atoms. The standard InChI is InChI=1S/C14H16N2O3/c1-9(17)10-3-2-4-12(7-10)16-14(19)11-5-6-13(18)15-8-11/h2-4,7,11H,5-6,8H2,1H3,(H,15,18)(H,16,19). The number of piperidine rings is 1. The molecule has 1 fully saturated rings. The summed E-state index contributed by atoms with van der Waals surface area (Å²) in [5.74, 6) is -0.386. The van der Waals surface area contributed by atoms with Crippen LogP contribution in [0.2, 0.25) is 0 Å². The van der Waals surface area contributed by atoms with Crippen LogP contribution in [0.25, 0.3) is 0 Å². The molecule has 1 aliphatic heterocycles. The van der Waals surface area contributed by atoms with Crippen LogP contribution in [0.1, 0.15) is 30.1 Å². The van der Waals surface area contributed by atoms with Gasteiger partial charge in [0.1, 0.15) is 0 Å². The van der Waals surface area contributed by atoms with E-state index in [9.17, 15) is 14.4 Å². The summed E-state index contributed by atoms with van der Waals surface area (Å²) in [5.41, 5.74) is 1.17. The number of Topliss-reactive ketones (excluding diaryl/α,β-unsaturated/α-hetero) is 1. The fourth-order valence-electron chi connectivity index (χ4n) is 2.02. The molecule has 2 amide bonds. The highest BCUT2D eigenvalue weighted by molar-refractivity contribution is 5.98. The Labute approximate surface area is 111 Å². The average Bonchev–Trinajstić information content (AvgIpc) is 2.39. The number of carbonyl (C=O) groups is 3. The SMILES string of the molecule is CC(=O)c1cccc(NC(=O)C2CCC(=O)NC2)c1. The molecular weight excluding hydrogens is 244 g/mol. The zero-order valence-corrected chi connectivity index (χ0v) is 10.7. The molecule has 1 aliphatic rings. The van der Waals surface area contributed by atoms with E-state index < -0.39 is 0 Å². The van der Waals surface area contributed by atoms with Gasteiger partial charge in [0.05, 0.1) is 5.92 Å². The van der Waals surface area contributed by atoms with Crippen molar-refractivity contribution in [3.63, 3.8) is 0 Å². The summed E-state index contributed by atoms with van der Waals surface area (Å²) < 4.78 is 0. The van der Waals surface area contributed by atoms with E-state index in [-0.39, 0.29) is 23.5 Å². The van der Waals surface area contributed by atoms with E-state index in [4.69, 9.17) is 0 Å². The lowest BCUT2D eigenvalue weighted by Gasteiger charge is -2.21. The molecule has 0 aliphatic carbocycles. The Balaban J connectivity index is 2.00. The van der Waals surface area contributed by atoms with Crippen molar-refractivity contribution in [3.8, 4) is 0 Å². The summed E-state index contributed by atoms with van der Waals surface area (Å²) in [7, 11) is 0. The Morgan fingerprint density at radius 2 is 2.16 bits per heavy atom. The van der Waals surface area contributed by atoms with Gasteiger partial charge >= 0.3 is 0 Å². The molecule has 0 bridgehead atoms. The molecule has 5 heteroatoms. The van der Waals surface area contributed by atoms with Crippen molar-refractivity contribution in [1.29, 1.82) is 0 Å². The number of hydrogen-bond donors (Lipinski definition) is 2. The summed E-state index contributed by atoms with van der Waals surface area (Å²) in [6.07, 6.45) is 0.940. The first-order chi connectivity index (χ1) is 9.06. The highest BCUT2D eigenvalue weighted by Crippen LogP contribution is 2.16. The van der Waals surface area contributed by atoms with E-state index in [0.29, 0.717) is 30.6 Å². The van der Waals surface area contributed by atoms with E-state index in [1.807, 2.05) is 0 Å². The van der Waals surface area contributed by atoms with Gasteiger partial charge in [-0.2, -0.15) is 0 Å². The second kappa shape index (κ2) is 5.65. The number of hydrogen-bond acceptors (Lipinski definition) is 3. The Bertz CT molecular complexity index is 515.